The minimum absolute atomic E-state index is 0. The largest absolute Gasteiger partial charge is 2.00 e. The molecule has 4 rings (SSSR count). The normalized spacial score (nSPS) is 11.2. The number of ether oxygens (including phenoxy) is 2. The molecule has 0 radical (unpaired) electrons. The average Bonchev–Trinajstić information content (AvgIpc) is 3.09. The Hall–Kier alpha value is -2.84. The summed E-state index contributed by atoms with van der Waals surface area (Å²) in [7, 11) is -9.12. The van der Waals surface area contributed by atoms with Crippen molar-refractivity contribution in [1.29, 1.82) is 0 Å². The summed E-state index contributed by atoms with van der Waals surface area (Å²) in [6.45, 7) is 4.36. The summed E-state index contributed by atoms with van der Waals surface area (Å²) in [5.74, 6) is -0.425. The van der Waals surface area contributed by atoms with Crippen molar-refractivity contribution >= 4 is 58.0 Å². The summed E-state index contributed by atoms with van der Waals surface area (Å²) < 4.78 is 78.2. The molecule has 4 aromatic carbocycles. The maximum atomic E-state index is 11.8. The molecular formula is C40H50CaO10S2. The molecule has 0 aliphatic carbocycles. The number of aryl methyl sites for hydroxylation is 2. The average molecular weight is 795 g/mol. The Morgan fingerprint density at radius 2 is 1.00 bits per heavy atom. The molecule has 13 heteroatoms. The Morgan fingerprint density at radius 1 is 0.566 bits per heavy atom. The van der Waals surface area contributed by atoms with Crippen molar-refractivity contribution in [2.75, 3.05) is 0 Å². The molecule has 0 bridgehead atoms. The first-order valence-corrected chi connectivity index (χ1v) is 20.8. The van der Waals surface area contributed by atoms with Gasteiger partial charge in [0, 0.05) is 0 Å². The Morgan fingerprint density at radius 3 is 1.49 bits per heavy atom. The molecule has 0 atom stereocenters. The molecule has 4 aromatic rings. The van der Waals surface area contributed by atoms with Gasteiger partial charge in [-0.05, 0) is 79.3 Å². The van der Waals surface area contributed by atoms with Gasteiger partial charge in [-0.2, -0.15) is 8.42 Å². The van der Waals surface area contributed by atoms with Crippen molar-refractivity contribution in [1.82, 2.24) is 0 Å². The van der Waals surface area contributed by atoms with Crippen LogP contribution in [-0.4, -0.2) is 68.8 Å². The summed E-state index contributed by atoms with van der Waals surface area (Å²) >= 11 is 0. The Bertz CT molecular complexity index is 1780. The molecule has 0 saturated carbocycles. The van der Waals surface area contributed by atoms with Crippen molar-refractivity contribution in [3.05, 3.63) is 96.1 Å². The third-order valence-corrected chi connectivity index (χ3v) is 10.1. The van der Waals surface area contributed by atoms with Gasteiger partial charge in [-0.1, -0.05) is 126 Å². The quantitative estimate of drug-likeness (QED) is 0.0499. The van der Waals surface area contributed by atoms with E-state index in [2.05, 4.69) is 13.8 Å². The molecule has 0 aliphatic heterocycles. The zero-order chi connectivity index (χ0) is 38.0. The number of para-hydroxylation sites is 4. The predicted molar refractivity (Wildman–Crippen MR) is 205 cm³/mol. The molecule has 0 amide bonds. The molecule has 0 aliphatic rings. The van der Waals surface area contributed by atoms with E-state index in [1.54, 1.807) is 48.5 Å². The number of hydrogen-bond donors (Lipinski definition) is 2. The van der Waals surface area contributed by atoms with E-state index < -0.39 is 25.1 Å². The Labute approximate surface area is 345 Å². The van der Waals surface area contributed by atoms with Crippen LogP contribution < -0.4 is 14.6 Å². The van der Waals surface area contributed by atoms with E-state index in [0.29, 0.717) is 0 Å². The smallest absolute Gasteiger partial charge is 0.870 e. The maximum Gasteiger partial charge on any atom is 2.00 e. The van der Waals surface area contributed by atoms with Gasteiger partial charge in [0.1, 0.15) is 32.3 Å². The van der Waals surface area contributed by atoms with Crippen LogP contribution in [0.4, 0.5) is 0 Å². The van der Waals surface area contributed by atoms with Gasteiger partial charge in [-0.3, -0.25) is 4.55 Å². The molecule has 53 heavy (non-hydrogen) atoms. The number of benzene rings is 4. The van der Waals surface area contributed by atoms with Gasteiger partial charge < -0.3 is 24.2 Å². The van der Waals surface area contributed by atoms with Crippen LogP contribution in [0.1, 0.15) is 102 Å². The van der Waals surface area contributed by atoms with Gasteiger partial charge in [-0.15, -0.1) is 0 Å². The summed E-state index contributed by atoms with van der Waals surface area (Å²) in [6, 6.07) is 21.3. The van der Waals surface area contributed by atoms with Crippen LogP contribution in [0.15, 0.2) is 94.7 Å². The van der Waals surface area contributed by atoms with Gasteiger partial charge in [0.25, 0.3) is 10.1 Å². The van der Waals surface area contributed by atoms with Gasteiger partial charge in [0.15, 0.2) is 11.5 Å². The first-order valence-electron chi connectivity index (χ1n) is 17.9. The molecule has 0 fully saturated rings. The standard InChI is InChI=1S/2C20H26O5S.Ca/c2*1-2-3-4-5-6-7-10-16-13-14-20(26(22,23)24)19(15-16)25-18-12-9-8-11-17(18)21;/h2*8-9,11-15,21H,2-7,10H2,1H3,(H,22,23,24);/q;;+2/p-2. The fourth-order valence-corrected chi connectivity index (χ4v) is 6.71. The monoisotopic (exact) mass is 794 g/mol. The van der Waals surface area contributed by atoms with E-state index in [-0.39, 0.29) is 77.1 Å². The molecular weight excluding hydrogens is 745 g/mol. The summed E-state index contributed by atoms with van der Waals surface area (Å²) in [5.41, 5.74) is 1.81. The van der Waals surface area contributed by atoms with Crippen LogP contribution in [0.25, 0.3) is 0 Å². The second-order valence-corrected chi connectivity index (χ2v) is 15.4. The van der Waals surface area contributed by atoms with Crippen molar-refractivity contribution in [2.45, 2.75) is 114 Å². The minimum Gasteiger partial charge on any atom is -0.870 e. The van der Waals surface area contributed by atoms with Crippen LogP contribution in [0, 0.1) is 0 Å². The number of rotatable bonds is 20. The fraction of sp³-hybridized carbons (Fsp3) is 0.400. The summed E-state index contributed by atoms with van der Waals surface area (Å²) in [5, 5.41) is 21.7. The van der Waals surface area contributed by atoms with E-state index >= 15 is 0 Å². The van der Waals surface area contributed by atoms with Crippen LogP contribution in [0.3, 0.4) is 0 Å². The molecule has 0 spiro atoms. The van der Waals surface area contributed by atoms with Crippen molar-refractivity contribution in [2.24, 2.45) is 0 Å². The molecule has 10 nitrogen and oxygen atoms in total. The molecule has 0 saturated heterocycles. The van der Waals surface area contributed by atoms with Crippen LogP contribution >= 0.6 is 0 Å². The van der Waals surface area contributed by atoms with E-state index in [1.807, 2.05) is 0 Å². The second kappa shape index (κ2) is 23.8. The van der Waals surface area contributed by atoms with Gasteiger partial charge >= 0.3 is 37.7 Å². The Balaban J connectivity index is 0.000000360. The maximum absolute atomic E-state index is 11.8. The van der Waals surface area contributed by atoms with E-state index in [9.17, 15) is 36.2 Å². The summed E-state index contributed by atoms with van der Waals surface area (Å²) in [6.07, 6.45) is 15.5. The number of aromatic hydroxyl groups is 1. The zero-order valence-electron chi connectivity index (χ0n) is 30.7. The van der Waals surface area contributed by atoms with Crippen molar-refractivity contribution < 1.29 is 45.6 Å². The van der Waals surface area contributed by atoms with E-state index in [0.717, 1.165) is 49.7 Å². The van der Waals surface area contributed by atoms with Crippen molar-refractivity contribution in [3.8, 4) is 34.5 Å². The van der Waals surface area contributed by atoms with Crippen LogP contribution in [0.5, 0.6) is 34.5 Å². The molecule has 0 aromatic heterocycles. The van der Waals surface area contributed by atoms with Gasteiger partial charge in [0.05, 0.1) is 4.90 Å². The SMILES string of the molecule is CCCCCCCCc1ccc(S(=O)(=O)O)c(Oc2ccccc2O)c1.CCCCCCCCc1ccc(S(=O)(=O)[O-])c(Oc2ccccc2[O-])c1.[Ca+2]. The molecule has 0 heterocycles. The third-order valence-electron chi connectivity index (χ3n) is 8.36. The fourth-order valence-electron chi connectivity index (χ4n) is 5.53. The third kappa shape index (κ3) is 16.6. The van der Waals surface area contributed by atoms with E-state index in [1.165, 1.54) is 87.8 Å². The first-order chi connectivity index (χ1) is 24.8. The summed E-state index contributed by atoms with van der Waals surface area (Å²) in [4.78, 5) is -0.764. The Kier molecular flexibility index (Phi) is 20.8. The topological polar surface area (TPSA) is 173 Å². The minimum atomic E-state index is -4.70. The predicted octanol–water partition coefficient (Wildman–Crippen LogP) is 9.31. The number of unbranched alkanes of at least 4 members (excludes halogenated alkanes) is 10. The van der Waals surface area contributed by atoms with Crippen molar-refractivity contribution in [3.63, 3.8) is 0 Å². The van der Waals surface area contributed by atoms with E-state index in [4.69, 9.17) is 9.47 Å². The molecule has 0 unspecified atom stereocenters. The van der Waals surface area contributed by atoms with Crippen LogP contribution in [-0.2, 0) is 33.1 Å². The first kappa shape index (κ1) is 46.3. The molecule has 2 N–H and O–H groups in total. The number of phenolic OH excluding ortho intramolecular Hbond substituents is 1. The van der Waals surface area contributed by atoms with Crippen LogP contribution in [0.2, 0.25) is 0 Å². The molecule has 284 valence electrons. The second-order valence-electron chi connectivity index (χ2n) is 12.6. The zero-order valence-corrected chi connectivity index (χ0v) is 34.5. The number of phenols is 1. The van der Waals surface area contributed by atoms with Gasteiger partial charge in [0.2, 0.25) is 0 Å². The van der Waals surface area contributed by atoms with Gasteiger partial charge in [-0.25, -0.2) is 8.42 Å². The number of hydrogen-bond acceptors (Lipinski definition) is 9.